The quantitative estimate of drug-likeness (QED) is 0.892. The molecule has 0 radical (unpaired) electrons. The molecule has 2 saturated heterocycles. The highest BCUT2D eigenvalue weighted by Gasteiger charge is 2.51. The largest absolute Gasteiger partial charge is 0.480 e. The summed E-state index contributed by atoms with van der Waals surface area (Å²) in [6.45, 7) is 5.58. The SMILES string of the molecule is COc1ccc(C2(O)CC3CCC(C2)N3C(=O)OC(C)(C)C)nn1. The van der Waals surface area contributed by atoms with Crippen molar-refractivity contribution in [3.8, 4) is 5.88 Å². The lowest BCUT2D eigenvalue weighted by Gasteiger charge is -2.43. The maximum Gasteiger partial charge on any atom is 0.410 e. The molecule has 0 spiro atoms. The highest BCUT2D eigenvalue weighted by Crippen LogP contribution is 2.45. The summed E-state index contributed by atoms with van der Waals surface area (Å²) in [5.74, 6) is 0.413. The Hall–Kier alpha value is -1.89. The Bertz CT molecular complexity index is 597. The van der Waals surface area contributed by atoms with Gasteiger partial charge in [0.1, 0.15) is 11.2 Å². The van der Waals surface area contributed by atoms with Crippen LogP contribution in [-0.2, 0) is 10.3 Å². The minimum atomic E-state index is -1.07. The third-order valence-corrected chi connectivity index (χ3v) is 4.70. The lowest BCUT2D eigenvalue weighted by Crippen LogP contribution is -2.53. The van der Waals surface area contributed by atoms with Gasteiger partial charge in [-0.25, -0.2) is 4.79 Å². The van der Waals surface area contributed by atoms with Gasteiger partial charge in [-0.05, 0) is 39.7 Å². The first-order chi connectivity index (χ1) is 11.2. The van der Waals surface area contributed by atoms with Gasteiger partial charge in [-0.1, -0.05) is 0 Å². The first-order valence-electron chi connectivity index (χ1n) is 8.34. The Morgan fingerprint density at radius 1 is 1.25 bits per heavy atom. The second-order valence-electron chi connectivity index (χ2n) is 7.67. The molecule has 1 N–H and O–H groups in total. The molecule has 1 aromatic rings. The first-order valence-corrected chi connectivity index (χ1v) is 8.34. The topological polar surface area (TPSA) is 84.8 Å². The van der Waals surface area contributed by atoms with E-state index in [0.717, 1.165) is 12.8 Å². The smallest absolute Gasteiger partial charge is 0.410 e. The number of carbonyl (C=O) groups is 1. The zero-order chi connectivity index (χ0) is 17.5. The Morgan fingerprint density at radius 3 is 2.33 bits per heavy atom. The van der Waals surface area contributed by atoms with E-state index in [1.165, 1.54) is 7.11 Å². The molecule has 2 bridgehead atoms. The van der Waals surface area contributed by atoms with Gasteiger partial charge in [0.05, 0.1) is 12.8 Å². The maximum atomic E-state index is 12.5. The number of nitrogens with zero attached hydrogens (tertiary/aromatic N) is 3. The number of fused-ring (bicyclic) bond motifs is 2. The molecule has 0 aromatic carbocycles. The van der Waals surface area contributed by atoms with Crippen LogP contribution < -0.4 is 4.74 Å². The molecule has 2 atom stereocenters. The number of rotatable bonds is 2. The molecule has 2 aliphatic rings. The van der Waals surface area contributed by atoms with Crippen molar-refractivity contribution in [1.29, 1.82) is 0 Å². The van der Waals surface area contributed by atoms with Gasteiger partial charge >= 0.3 is 6.09 Å². The highest BCUT2D eigenvalue weighted by molar-refractivity contribution is 5.69. The normalized spacial score (nSPS) is 29.5. The lowest BCUT2D eigenvalue weighted by molar-refractivity contribution is -0.0652. The second-order valence-corrected chi connectivity index (χ2v) is 7.67. The summed E-state index contributed by atoms with van der Waals surface area (Å²) in [4.78, 5) is 14.3. The number of hydrogen-bond acceptors (Lipinski definition) is 6. The van der Waals surface area contributed by atoms with Gasteiger partial charge in [-0.15, -0.1) is 10.2 Å². The average molecular weight is 335 g/mol. The van der Waals surface area contributed by atoms with E-state index in [1.807, 2.05) is 20.8 Å². The summed E-state index contributed by atoms with van der Waals surface area (Å²) in [5, 5.41) is 19.2. The molecule has 0 saturated carbocycles. The number of piperidine rings is 1. The molecule has 2 fully saturated rings. The Balaban J connectivity index is 1.77. The van der Waals surface area contributed by atoms with Gasteiger partial charge in [0.25, 0.3) is 0 Å². The van der Waals surface area contributed by atoms with Crippen molar-refractivity contribution in [3.63, 3.8) is 0 Å². The molecular weight excluding hydrogens is 310 g/mol. The molecule has 1 aromatic heterocycles. The summed E-state index contributed by atoms with van der Waals surface area (Å²) in [5.41, 5.74) is -1.06. The molecule has 7 heteroatoms. The molecule has 7 nitrogen and oxygen atoms in total. The Kier molecular flexibility index (Phi) is 4.15. The second kappa shape index (κ2) is 5.88. The van der Waals surface area contributed by atoms with Crippen molar-refractivity contribution < 1.29 is 19.4 Å². The monoisotopic (exact) mass is 335 g/mol. The standard InChI is InChI=1S/C17H25N3O4/c1-16(2,3)24-15(21)20-11-5-6-12(20)10-17(22,9-11)13-7-8-14(23-4)19-18-13/h7-8,11-12,22H,5-6,9-10H2,1-4H3. The fourth-order valence-corrected chi connectivity index (χ4v) is 3.72. The van der Waals surface area contributed by atoms with Crippen LogP contribution in [0.15, 0.2) is 12.1 Å². The lowest BCUT2D eigenvalue weighted by atomic mass is 9.83. The molecule has 0 aliphatic carbocycles. The zero-order valence-electron chi connectivity index (χ0n) is 14.7. The van der Waals surface area contributed by atoms with Crippen LogP contribution in [0, 0.1) is 0 Å². The van der Waals surface area contributed by atoms with Gasteiger partial charge in [-0.3, -0.25) is 0 Å². The van der Waals surface area contributed by atoms with Crippen molar-refractivity contribution in [1.82, 2.24) is 15.1 Å². The third-order valence-electron chi connectivity index (χ3n) is 4.70. The number of methoxy groups -OCH3 is 1. The van der Waals surface area contributed by atoms with Crippen molar-refractivity contribution >= 4 is 6.09 Å². The van der Waals surface area contributed by atoms with Crippen molar-refractivity contribution in [2.24, 2.45) is 0 Å². The molecule has 24 heavy (non-hydrogen) atoms. The van der Waals surface area contributed by atoms with E-state index in [0.29, 0.717) is 24.4 Å². The molecule has 3 heterocycles. The highest BCUT2D eigenvalue weighted by atomic mass is 16.6. The summed E-state index contributed by atoms with van der Waals surface area (Å²) in [6, 6.07) is 3.37. The minimum absolute atomic E-state index is 0.0347. The molecule has 132 valence electrons. The van der Waals surface area contributed by atoms with Crippen LogP contribution in [-0.4, -0.2) is 51.1 Å². The van der Waals surface area contributed by atoms with Crippen LogP contribution in [0.4, 0.5) is 4.79 Å². The number of ether oxygens (including phenoxy) is 2. The predicted octanol–water partition coefficient (Wildman–Crippen LogP) is 2.23. The fourth-order valence-electron chi connectivity index (χ4n) is 3.72. The number of aromatic nitrogens is 2. The average Bonchev–Trinajstić information content (AvgIpc) is 2.79. The van der Waals surface area contributed by atoms with Crippen LogP contribution in [0.1, 0.15) is 52.1 Å². The van der Waals surface area contributed by atoms with Gasteiger partial charge in [0, 0.05) is 31.0 Å². The number of hydrogen-bond donors (Lipinski definition) is 1. The summed E-state index contributed by atoms with van der Waals surface area (Å²) in [7, 11) is 1.53. The summed E-state index contributed by atoms with van der Waals surface area (Å²) < 4.78 is 10.5. The number of aliphatic hydroxyl groups is 1. The molecule has 2 unspecified atom stereocenters. The van der Waals surface area contributed by atoms with E-state index in [9.17, 15) is 9.90 Å². The van der Waals surface area contributed by atoms with Gasteiger partial charge in [-0.2, -0.15) is 0 Å². The molecule has 1 amide bonds. The summed E-state index contributed by atoms with van der Waals surface area (Å²) >= 11 is 0. The summed E-state index contributed by atoms with van der Waals surface area (Å²) in [6.07, 6.45) is 2.34. The molecule has 3 rings (SSSR count). The van der Waals surface area contributed by atoms with Crippen LogP contribution in [0.2, 0.25) is 0 Å². The maximum absolute atomic E-state index is 12.5. The Labute approximate surface area is 142 Å². The van der Waals surface area contributed by atoms with E-state index >= 15 is 0 Å². The number of carbonyl (C=O) groups excluding carboxylic acids is 1. The van der Waals surface area contributed by atoms with E-state index in [-0.39, 0.29) is 18.2 Å². The third kappa shape index (κ3) is 3.17. The predicted molar refractivity (Wildman–Crippen MR) is 86.6 cm³/mol. The van der Waals surface area contributed by atoms with Crippen LogP contribution in [0.25, 0.3) is 0 Å². The van der Waals surface area contributed by atoms with E-state index in [2.05, 4.69) is 10.2 Å². The van der Waals surface area contributed by atoms with E-state index in [1.54, 1.807) is 17.0 Å². The van der Waals surface area contributed by atoms with Gasteiger partial charge < -0.3 is 19.5 Å². The first kappa shape index (κ1) is 17.0. The van der Waals surface area contributed by atoms with Crippen molar-refractivity contribution in [3.05, 3.63) is 17.8 Å². The van der Waals surface area contributed by atoms with Gasteiger partial charge in [0.15, 0.2) is 0 Å². The van der Waals surface area contributed by atoms with Gasteiger partial charge in [0.2, 0.25) is 5.88 Å². The Morgan fingerprint density at radius 2 is 1.88 bits per heavy atom. The number of amides is 1. The van der Waals surface area contributed by atoms with Crippen molar-refractivity contribution in [2.75, 3.05) is 7.11 Å². The van der Waals surface area contributed by atoms with E-state index in [4.69, 9.17) is 9.47 Å². The van der Waals surface area contributed by atoms with Crippen LogP contribution in [0.5, 0.6) is 5.88 Å². The zero-order valence-corrected chi connectivity index (χ0v) is 14.7. The van der Waals surface area contributed by atoms with Crippen molar-refractivity contribution in [2.45, 2.75) is 69.7 Å². The fraction of sp³-hybridized carbons (Fsp3) is 0.706. The molecule has 2 aliphatic heterocycles. The minimum Gasteiger partial charge on any atom is -0.480 e. The van der Waals surface area contributed by atoms with Crippen LogP contribution in [0.3, 0.4) is 0 Å². The van der Waals surface area contributed by atoms with Crippen LogP contribution >= 0.6 is 0 Å². The molecular formula is C17H25N3O4. The van der Waals surface area contributed by atoms with E-state index < -0.39 is 11.2 Å².